The average Bonchev–Trinajstić information content (AvgIpc) is 3.89. The molecule has 3 fully saturated rings. The van der Waals surface area contributed by atoms with E-state index in [0.29, 0.717) is 71.1 Å². The lowest BCUT2D eigenvalue weighted by Crippen LogP contribution is -2.71. The number of pyridine rings is 1. The van der Waals surface area contributed by atoms with Crippen molar-refractivity contribution in [3.8, 4) is 16.9 Å². The van der Waals surface area contributed by atoms with E-state index in [9.17, 15) is 14.0 Å². The Morgan fingerprint density at radius 2 is 1.66 bits per heavy atom. The number of hydrogen-bond acceptors (Lipinski definition) is 11. The van der Waals surface area contributed by atoms with Gasteiger partial charge in [0.05, 0.1) is 47.0 Å². The van der Waals surface area contributed by atoms with E-state index in [0.717, 1.165) is 12.1 Å². The minimum Gasteiger partial charge on any atom is -0.378 e. The summed E-state index contributed by atoms with van der Waals surface area (Å²) in [5, 5.41) is 8.48. The van der Waals surface area contributed by atoms with E-state index in [-0.39, 0.29) is 54.3 Å². The highest BCUT2D eigenvalue weighted by molar-refractivity contribution is 5.95. The zero-order valence-electron chi connectivity index (χ0n) is 32.1. The standard InChI is InChI=1S/C40H39F3N12O3/c1-20-45-30-12-22(42)10-26-29-6-5-7-34(47-29)46-23-13-32(38(56)51(3)18-25(58-4)19-52(20)35(26)30)53(16-23)36-27-15-44-55(31-9-8-21(41)11-28(31)43)37(27)49-40(48-36)54-24-14-33(54)39(57)50(2)17-24/h5-12,15,23-25,32-33H,13-14,16-19H2,1-4H3,(H,46,47)/t23?,24?,25-,32-,33?/m0/s1. The number of halogens is 3. The Hall–Kier alpha value is -6.30. The number of methoxy groups -OCH3 is 1. The minimum atomic E-state index is -0.836. The number of nitrogens with zero attached hydrogens (tertiary/aromatic N) is 11. The van der Waals surface area contributed by atoms with Gasteiger partial charge in [0.1, 0.15) is 46.9 Å². The lowest BCUT2D eigenvalue weighted by atomic mass is 9.87. The van der Waals surface area contributed by atoms with Crippen LogP contribution in [0.5, 0.6) is 0 Å². The van der Waals surface area contributed by atoms with Gasteiger partial charge in [0.2, 0.25) is 17.8 Å². The maximum atomic E-state index is 15.4. The Bertz CT molecular complexity index is 2670. The fourth-order valence-corrected chi connectivity index (χ4v) is 9.10. The molecule has 4 aliphatic rings. The number of carbonyl (C=O) groups is 2. The van der Waals surface area contributed by atoms with Crippen LogP contribution in [-0.4, -0.2) is 127 Å². The van der Waals surface area contributed by atoms with Crippen molar-refractivity contribution in [3.05, 3.63) is 78.0 Å². The molecule has 58 heavy (non-hydrogen) atoms. The third-order valence-corrected chi connectivity index (χ3v) is 11.9. The van der Waals surface area contributed by atoms with Crippen molar-refractivity contribution >= 4 is 51.5 Å². The van der Waals surface area contributed by atoms with Gasteiger partial charge in [-0.15, -0.1) is 0 Å². The lowest BCUT2D eigenvalue weighted by molar-refractivity contribution is -0.138. The van der Waals surface area contributed by atoms with Gasteiger partial charge in [0, 0.05) is 64.6 Å². The van der Waals surface area contributed by atoms with E-state index in [2.05, 4.69) is 15.4 Å². The van der Waals surface area contributed by atoms with Crippen LogP contribution >= 0.6 is 0 Å². The Morgan fingerprint density at radius 3 is 2.45 bits per heavy atom. The van der Waals surface area contributed by atoms with Crippen molar-refractivity contribution in [3.63, 3.8) is 0 Å². The molecule has 3 unspecified atom stereocenters. The highest BCUT2D eigenvalue weighted by Gasteiger charge is 2.51. The molecule has 4 aromatic heterocycles. The number of piperidine rings is 1. The van der Waals surface area contributed by atoms with Crippen LogP contribution in [0.25, 0.3) is 39.0 Å². The molecule has 2 amide bonds. The Morgan fingerprint density at radius 1 is 0.845 bits per heavy atom. The number of benzene rings is 2. The first kappa shape index (κ1) is 36.1. The van der Waals surface area contributed by atoms with Crippen LogP contribution in [0.3, 0.4) is 0 Å². The molecule has 6 bridgehead atoms. The molecule has 5 atom stereocenters. The van der Waals surface area contributed by atoms with Gasteiger partial charge in [-0.2, -0.15) is 15.1 Å². The highest BCUT2D eigenvalue weighted by Crippen LogP contribution is 2.40. The van der Waals surface area contributed by atoms with Crippen LogP contribution in [-0.2, 0) is 20.9 Å². The van der Waals surface area contributed by atoms with Crippen LogP contribution in [0.1, 0.15) is 18.7 Å². The number of imidazole rings is 1. The predicted octanol–water partition coefficient (Wildman–Crippen LogP) is 3.92. The van der Waals surface area contributed by atoms with Crippen molar-refractivity contribution in [2.24, 2.45) is 0 Å². The summed E-state index contributed by atoms with van der Waals surface area (Å²) in [6, 6.07) is 9.98. The normalized spacial score (nSPS) is 23.3. The molecule has 2 aromatic carbocycles. The molecule has 298 valence electrons. The number of amides is 2. The zero-order valence-corrected chi connectivity index (χ0v) is 32.1. The van der Waals surface area contributed by atoms with Gasteiger partial charge in [-0.05, 0) is 50.1 Å². The summed E-state index contributed by atoms with van der Waals surface area (Å²) in [5.41, 5.74) is 2.53. The predicted molar refractivity (Wildman–Crippen MR) is 208 cm³/mol. The molecular weight excluding hydrogens is 754 g/mol. The van der Waals surface area contributed by atoms with Crippen molar-refractivity contribution in [2.75, 3.05) is 56.0 Å². The van der Waals surface area contributed by atoms with Crippen LogP contribution in [0, 0.1) is 24.4 Å². The van der Waals surface area contributed by atoms with Crippen LogP contribution in [0.15, 0.2) is 54.7 Å². The summed E-state index contributed by atoms with van der Waals surface area (Å²) in [6.45, 7) is 3.16. The topological polar surface area (TPSA) is 143 Å². The zero-order chi connectivity index (χ0) is 40.1. The first-order valence-electron chi connectivity index (χ1n) is 19.1. The van der Waals surface area contributed by atoms with Crippen molar-refractivity contribution < 1.29 is 27.5 Å². The largest absolute Gasteiger partial charge is 0.378 e. The molecule has 6 aromatic rings. The highest BCUT2D eigenvalue weighted by atomic mass is 19.1. The van der Waals surface area contributed by atoms with E-state index in [4.69, 9.17) is 19.7 Å². The van der Waals surface area contributed by atoms with Gasteiger partial charge in [-0.1, -0.05) is 6.07 Å². The van der Waals surface area contributed by atoms with Gasteiger partial charge in [-0.25, -0.2) is 27.8 Å². The summed E-state index contributed by atoms with van der Waals surface area (Å²) in [6.07, 6.45) is 2.03. The molecule has 18 heteroatoms. The lowest BCUT2D eigenvalue weighted by Gasteiger charge is -2.54. The molecule has 8 heterocycles. The third-order valence-electron chi connectivity index (χ3n) is 11.9. The monoisotopic (exact) mass is 792 g/mol. The Kier molecular flexibility index (Phi) is 8.33. The number of likely N-dealkylation sites (tertiary alicyclic amines) is 1. The van der Waals surface area contributed by atoms with Gasteiger partial charge < -0.3 is 34.2 Å². The van der Waals surface area contributed by atoms with Gasteiger partial charge in [-0.3, -0.25) is 9.59 Å². The molecule has 0 radical (unpaired) electrons. The second-order valence-corrected chi connectivity index (χ2v) is 15.6. The van der Waals surface area contributed by atoms with Crippen molar-refractivity contribution in [1.29, 1.82) is 0 Å². The minimum absolute atomic E-state index is 0.0233. The van der Waals surface area contributed by atoms with Gasteiger partial charge >= 0.3 is 0 Å². The fraction of sp³-hybridized carbons (Fsp3) is 0.375. The molecule has 4 aliphatic heterocycles. The van der Waals surface area contributed by atoms with Gasteiger partial charge in [0.15, 0.2) is 11.5 Å². The summed E-state index contributed by atoms with van der Waals surface area (Å²) in [4.78, 5) is 54.7. The fourth-order valence-electron chi connectivity index (χ4n) is 9.10. The molecule has 10 rings (SSSR count). The summed E-state index contributed by atoms with van der Waals surface area (Å²) in [5.74, 6) is -0.457. The first-order chi connectivity index (χ1) is 27.9. The number of anilines is 3. The SMILES string of the molecule is CO[C@H]1CN(C)C(=O)[C@@H]2CC(CN2c2nc(N3C4CC3C(=O)N(C)C4)nc3c2cnn3-c2ccc(F)cc2F)Nc2cccc(n2)-c2cc(F)cc3nc(C)n(c23)C1. The summed E-state index contributed by atoms with van der Waals surface area (Å²) < 4.78 is 53.8. The van der Waals surface area contributed by atoms with E-state index >= 15 is 8.78 Å². The van der Waals surface area contributed by atoms with E-state index in [1.165, 1.54) is 29.1 Å². The first-order valence-corrected chi connectivity index (χ1v) is 19.1. The third kappa shape index (κ3) is 5.71. The number of rotatable bonds is 4. The number of aromatic nitrogens is 7. The number of piperazine rings is 1. The molecule has 0 aliphatic carbocycles. The Labute approximate surface area is 330 Å². The quantitative estimate of drug-likeness (QED) is 0.278. The summed E-state index contributed by atoms with van der Waals surface area (Å²) in [7, 11) is 5.09. The smallest absolute Gasteiger partial charge is 0.245 e. The molecule has 1 N–H and O–H groups in total. The second-order valence-electron chi connectivity index (χ2n) is 15.6. The average molecular weight is 793 g/mol. The number of likely N-dealkylation sites (N-methyl/N-ethyl adjacent to an activating group) is 2. The van der Waals surface area contributed by atoms with Crippen molar-refractivity contribution in [2.45, 2.75) is 56.6 Å². The van der Waals surface area contributed by atoms with Crippen molar-refractivity contribution in [1.82, 2.24) is 44.1 Å². The van der Waals surface area contributed by atoms with Crippen LogP contribution in [0.4, 0.5) is 30.8 Å². The van der Waals surface area contributed by atoms with Gasteiger partial charge in [0.25, 0.3) is 0 Å². The van der Waals surface area contributed by atoms with Crippen LogP contribution < -0.4 is 15.1 Å². The molecule has 0 saturated carbocycles. The van der Waals surface area contributed by atoms with E-state index in [1.54, 1.807) is 31.0 Å². The molecular formula is C40H39F3N12O3. The second kappa shape index (κ2) is 13.4. The Balaban J connectivity index is 1.11. The number of aryl methyl sites for hydroxylation is 1. The summed E-state index contributed by atoms with van der Waals surface area (Å²) >= 11 is 0. The number of carbonyl (C=O) groups excluding carboxylic acids is 2. The molecule has 15 nitrogen and oxygen atoms in total. The number of nitrogens with one attached hydrogen (secondary N) is 1. The van der Waals surface area contributed by atoms with Crippen LogP contribution in [0.2, 0.25) is 0 Å². The maximum Gasteiger partial charge on any atom is 0.245 e. The molecule has 0 spiro atoms. The number of fused-ring (bicyclic) bond motifs is 8. The number of ether oxygens (including phenoxy) is 1. The molecule has 3 saturated heterocycles. The maximum absolute atomic E-state index is 15.4. The number of hydrogen-bond donors (Lipinski definition) is 1. The van der Waals surface area contributed by atoms with E-state index in [1.807, 2.05) is 39.5 Å². The van der Waals surface area contributed by atoms with E-state index < -0.39 is 35.6 Å².